The van der Waals surface area contributed by atoms with Crippen LogP contribution in [0.2, 0.25) is 0 Å². The smallest absolute Gasteiger partial charge is 0.276 e. The Kier molecular flexibility index (Phi) is 5.46. The fourth-order valence-corrected chi connectivity index (χ4v) is 3.29. The van der Waals surface area contributed by atoms with Gasteiger partial charge in [0.05, 0.1) is 12.2 Å². The summed E-state index contributed by atoms with van der Waals surface area (Å²) in [5, 5.41) is 8.18. The van der Waals surface area contributed by atoms with Crippen molar-refractivity contribution in [3.05, 3.63) is 71.5 Å². The lowest BCUT2D eigenvalue weighted by atomic mass is 10.1. The van der Waals surface area contributed by atoms with Crippen molar-refractivity contribution < 1.29 is 14.3 Å². The monoisotopic (exact) mass is 392 g/mol. The maximum Gasteiger partial charge on any atom is 0.276 e. The Morgan fingerprint density at radius 3 is 2.69 bits per heavy atom. The molecule has 1 aromatic heterocycles. The number of rotatable bonds is 6. The Morgan fingerprint density at radius 1 is 1.14 bits per heavy atom. The second-order valence-electron chi connectivity index (χ2n) is 7.10. The number of hydrogen-bond donors (Lipinski definition) is 0. The van der Waals surface area contributed by atoms with Gasteiger partial charge >= 0.3 is 0 Å². The summed E-state index contributed by atoms with van der Waals surface area (Å²) in [4.78, 5) is 14.6. The minimum atomic E-state index is -0.168. The molecule has 1 atom stereocenters. The van der Waals surface area contributed by atoms with Gasteiger partial charge in [0.25, 0.3) is 5.91 Å². The highest BCUT2D eigenvalue weighted by molar-refractivity contribution is 5.92. The first-order chi connectivity index (χ1) is 14.1. The number of ether oxygens (including phenoxy) is 2. The molecule has 150 valence electrons. The largest absolute Gasteiger partial charge is 0.486 e. The number of aromatic nitrogens is 3. The van der Waals surface area contributed by atoms with Gasteiger partial charge in [-0.15, -0.1) is 5.10 Å². The van der Waals surface area contributed by atoms with Crippen molar-refractivity contribution in [2.45, 2.75) is 25.9 Å². The van der Waals surface area contributed by atoms with Gasteiger partial charge in [0.2, 0.25) is 0 Å². The number of benzene rings is 2. The summed E-state index contributed by atoms with van der Waals surface area (Å²) in [6.07, 6.45) is 2.54. The van der Waals surface area contributed by atoms with Crippen molar-refractivity contribution in [3.8, 4) is 11.5 Å². The first-order valence-corrected chi connectivity index (χ1v) is 9.72. The van der Waals surface area contributed by atoms with Crippen LogP contribution < -0.4 is 9.47 Å². The summed E-state index contributed by atoms with van der Waals surface area (Å²) in [6.45, 7) is 3.74. The van der Waals surface area contributed by atoms with Crippen molar-refractivity contribution in [1.82, 2.24) is 19.9 Å². The number of hydrogen-bond acceptors (Lipinski definition) is 5. The highest BCUT2D eigenvalue weighted by Gasteiger charge is 2.23. The maximum absolute atomic E-state index is 12.9. The Morgan fingerprint density at radius 2 is 1.90 bits per heavy atom. The van der Waals surface area contributed by atoms with Gasteiger partial charge < -0.3 is 14.4 Å². The summed E-state index contributed by atoms with van der Waals surface area (Å²) < 4.78 is 12.9. The number of aryl methyl sites for hydroxylation is 2. The lowest BCUT2D eigenvalue weighted by molar-refractivity contribution is 0.0736. The molecule has 1 unspecified atom stereocenters. The summed E-state index contributed by atoms with van der Waals surface area (Å²) >= 11 is 0. The molecule has 0 fully saturated rings. The van der Waals surface area contributed by atoms with Crippen molar-refractivity contribution >= 4 is 5.91 Å². The fourth-order valence-electron chi connectivity index (χ4n) is 3.29. The van der Waals surface area contributed by atoms with E-state index in [-0.39, 0.29) is 11.9 Å². The summed E-state index contributed by atoms with van der Waals surface area (Å²) in [6, 6.07) is 15.8. The van der Waals surface area contributed by atoms with Crippen LogP contribution in [-0.2, 0) is 13.0 Å². The number of fused-ring (bicyclic) bond motifs is 1. The summed E-state index contributed by atoms with van der Waals surface area (Å²) in [5.74, 6) is 1.29. The lowest BCUT2D eigenvalue weighted by Crippen LogP contribution is -2.30. The van der Waals surface area contributed by atoms with Crippen molar-refractivity contribution in [2.24, 2.45) is 0 Å². The average molecular weight is 392 g/mol. The van der Waals surface area contributed by atoms with E-state index in [1.54, 1.807) is 22.8 Å². The minimum absolute atomic E-state index is 0.146. The van der Waals surface area contributed by atoms with Crippen LogP contribution in [0.1, 0.15) is 34.6 Å². The van der Waals surface area contributed by atoms with Gasteiger partial charge in [0, 0.05) is 13.6 Å². The van der Waals surface area contributed by atoms with Crippen LogP contribution in [0.4, 0.5) is 0 Å². The van der Waals surface area contributed by atoms with Gasteiger partial charge in [-0.2, -0.15) is 0 Å². The molecular weight excluding hydrogens is 368 g/mol. The third-order valence-corrected chi connectivity index (χ3v) is 5.18. The van der Waals surface area contributed by atoms with E-state index in [9.17, 15) is 4.79 Å². The molecule has 1 amide bonds. The molecule has 1 aliphatic rings. The molecule has 7 nitrogen and oxygen atoms in total. The van der Waals surface area contributed by atoms with Crippen molar-refractivity contribution in [2.75, 3.05) is 20.3 Å². The molecule has 0 bridgehead atoms. The third-order valence-electron chi connectivity index (χ3n) is 5.18. The molecular formula is C22H24N4O3. The van der Waals surface area contributed by atoms with Crippen LogP contribution in [0.15, 0.2) is 54.7 Å². The molecule has 4 rings (SSSR count). The average Bonchev–Trinajstić information content (AvgIpc) is 3.25. The zero-order valence-electron chi connectivity index (χ0n) is 16.6. The number of carbonyl (C=O) groups is 1. The molecule has 0 radical (unpaired) electrons. The topological polar surface area (TPSA) is 69.5 Å². The van der Waals surface area contributed by atoms with Crippen molar-refractivity contribution in [1.29, 1.82) is 0 Å². The van der Waals surface area contributed by atoms with Crippen LogP contribution >= 0.6 is 0 Å². The van der Waals surface area contributed by atoms with Gasteiger partial charge in [-0.25, -0.2) is 0 Å². The molecule has 7 heteroatoms. The number of carbonyl (C=O) groups excluding carboxylic acids is 1. The van der Waals surface area contributed by atoms with Gasteiger partial charge in [-0.1, -0.05) is 41.6 Å². The minimum Gasteiger partial charge on any atom is -0.486 e. The van der Waals surface area contributed by atoms with E-state index in [0.717, 1.165) is 17.7 Å². The molecule has 2 aromatic carbocycles. The first-order valence-electron chi connectivity index (χ1n) is 9.72. The van der Waals surface area contributed by atoms with Crippen molar-refractivity contribution in [3.63, 3.8) is 0 Å². The molecule has 0 N–H and O–H groups in total. The van der Waals surface area contributed by atoms with E-state index in [0.29, 0.717) is 31.2 Å². The van der Waals surface area contributed by atoms with E-state index in [2.05, 4.69) is 22.4 Å². The van der Waals surface area contributed by atoms with E-state index in [1.807, 2.05) is 43.3 Å². The van der Waals surface area contributed by atoms with E-state index in [1.165, 1.54) is 5.56 Å². The highest BCUT2D eigenvalue weighted by atomic mass is 16.6. The van der Waals surface area contributed by atoms with Crippen LogP contribution in [0.3, 0.4) is 0 Å². The Bertz CT molecular complexity index is 987. The molecule has 2 heterocycles. The van der Waals surface area contributed by atoms with E-state index in [4.69, 9.17) is 9.47 Å². The molecule has 0 aliphatic carbocycles. The molecule has 3 aromatic rings. The van der Waals surface area contributed by atoms with E-state index >= 15 is 0 Å². The van der Waals surface area contributed by atoms with Crippen LogP contribution in [-0.4, -0.2) is 46.1 Å². The predicted octanol–water partition coefficient (Wildman–Crippen LogP) is 3.13. The predicted molar refractivity (Wildman–Crippen MR) is 108 cm³/mol. The molecule has 0 saturated carbocycles. The SMILES string of the molecule is CC(c1ccc2c(c1)OCCO2)N(C)C(=O)c1cn(CCc2ccccc2)nn1. The maximum atomic E-state index is 12.9. The highest BCUT2D eigenvalue weighted by Crippen LogP contribution is 2.33. The Balaban J connectivity index is 1.41. The Hall–Kier alpha value is -3.35. The lowest BCUT2D eigenvalue weighted by Gasteiger charge is -2.26. The first kappa shape index (κ1) is 19.0. The van der Waals surface area contributed by atoms with E-state index < -0.39 is 0 Å². The van der Waals surface area contributed by atoms with Crippen LogP contribution in [0.5, 0.6) is 11.5 Å². The summed E-state index contributed by atoms with van der Waals surface area (Å²) in [5.41, 5.74) is 2.53. The zero-order chi connectivity index (χ0) is 20.2. The Labute approximate surface area is 169 Å². The third kappa shape index (κ3) is 4.23. The molecule has 1 aliphatic heterocycles. The zero-order valence-corrected chi connectivity index (χ0v) is 16.6. The van der Waals surface area contributed by atoms with Gasteiger partial charge in [-0.3, -0.25) is 9.48 Å². The van der Waals surface area contributed by atoms with Crippen LogP contribution in [0.25, 0.3) is 0 Å². The quantitative estimate of drug-likeness (QED) is 0.645. The number of nitrogens with zero attached hydrogens (tertiary/aromatic N) is 4. The van der Waals surface area contributed by atoms with Gasteiger partial charge in [0.1, 0.15) is 13.2 Å². The molecule has 29 heavy (non-hydrogen) atoms. The second kappa shape index (κ2) is 8.34. The summed E-state index contributed by atoms with van der Waals surface area (Å²) in [7, 11) is 1.77. The standard InChI is InChI=1S/C22H24N4O3/c1-16(18-8-9-20-21(14-18)29-13-12-28-20)25(2)22(27)19-15-26(24-23-19)11-10-17-6-4-3-5-7-17/h3-9,14-16H,10-13H2,1-2H3. The second-order valence-corrected chi connectivity index (χ2v) is 7.10. The van der Waals surface area contributed by atoms with Crippen LogP contribution in [0, 0.1) is 0 Å². The molecule has 0 spiro atoms. The normalized spacial score (nSPS) is 13.7. The number of amides is 1. The van der Waals surface area contributed by atoms with Gasteiger partial charge in [0.15, 0.2) is 17.2 Å². The molecule has 0 saturated heterocycles. The van der Waals surface area contributed by atoms with Gasteiger partial charge in [-0.05, 0) is 36.6 Å². The fraction of sp³-hybridized carbons (Fsp3) is 0.318.